The molecule has 4 amide bonds. The SMILES string of the molecule is CC(C)C(N)C(=O)NC(CCC(N)=O)C(=O)NC(Cc1ccccc1)C(=O)NCC(=O)O. The Morgan fingerprint density at radius 2 is 1.53 bits per heavy atom. The second kappa shape index (κ2) is 13.1. The number of primary amides is 1. The standard InChI is InChI=1S/C21H31N5O6/c1-12(2)18(23)21(32)25-14(8-9-16(22)27)20(31)26-15(19(30)24-11-17(28)29)10-13-6-4-3-5-7-13/h3-7,12,14-15,18H,8-11,23H2,1-2H3,(H2,22,27)(H,24,30)(H,25,32)(H,26,31)(H,28,29). The molecular weight excluding hydrogens is 418 g/mol. The predicted molar refractivity (Wildman–Crippen MR) is 116 cm³/mol. The molecular formula is C21H31N5O6. The van der Waals surface area contributed by atoms with Gasteiger partial charge in [-0.1, -0.05) is 44.2 Å². The normalized spacial score (nSPS) is 13.5. The van der Waals surface area contributed by atoms with Crippen LogP contribution >= 0.6 is 0 Å². The predicted octanol–water partition coefficient (Wildman–Crippen LogP) is -1.35. The maximum absolute atomic E-state index is 12.9. The van der Waals surface area contributed by atoms with Crippen LogP contribution in [0.2, 0.25) is 0 Å². The highest BCUT2D eigenvalue weighted by molar-refractivity contribution is 5.94. The molecule has 3 unspecified atom stereocenters. The van der Waals surface area contributed by atoms with Crippen LogP contribution in [0.15, 0.2) is 30.3 Å². The van der Waals surface area contributed by atoms with Gasteiger partial charge in [0.25, 0.3) is 0 Å². The lowest BCUT2D eigenvalue weighted by molar-refractivity contribution is -0.138. The molecule has 0 aliphatic heterocycles. The number of aliphatic carboxylic acids is 1. The first-order valence-corrected chi connectivity index (χ1v) is 10.2. The van der Waals surface area contributed by atoms with Gasteiger partial charge < -0.3 is 32.5 Å². The van der Waals surface area contributed by atoms with Crippen molar-refractivity contribution in [2.45, 2.75) is 51.2 Å². The monoisotopic (exact) mass is 449 g/mol. The summed E-state index contributed by atoms with van der Waals surface area (Å²) in [5.74, 6) is -4.10. The molecule has 0 bridgehead atoms. The van der Waals surface area contributed by atoms with E-state index >= 15 is 0 Å². The van der Waals surface area contributed by atoms with Gasteiger partial charge in [0.2, 0.25) is 23.6 Å². The van der Waals surface area contributed by atoms with Gasteiger partial charge in [0, 0.05) is 12.8 Å². The van der Waals surface area contributed by atoms with Crippen LogP contribution in [0, 0.1) is 5.92 Å². The average Bonchev–Trinajstić information content (AvgIpc) is 2.73. The van der Waals surface area contributed by atoms with Crippen LogP contribution in [0.5, 0.6) is 0 Å². The second-order valence-corrected chi connectivity index (χ2v) is 7.70. The van der Waals surface area contributed by atoms with Gasteiger partial charge in [-0.25, -0.2) is 0 Å². The Labute approximate surface area is 186 Å². The maximum atomic E-state index is 12.9. The molecule has 8 N–H and O–H groups in total. The van der Waals surface area contributed by atoms with Crippen LogP contribution in [0.4, 0.5) is 0 Å². The van der Waals surface area contributed by atoms with Gasteiger partial charge in [-0.05, 0) is 17.9 Å². The molecule has 1 rings (SSSR count). The summed E-state index contributed by atoms with van der Waals surface area (Å²) >= 11 is 0. The zero-order chi connectivity index (χ0) is 24.3. The minimum Gasteiger partial charge on any atom is -0.480 e. The molecule has 0 saturated carbocycles. The average molecular weight is 450 g/mol. The Hall–Kier alpha value is -3.47. The third kappa shape index (κ3) is 9.56. The zero-order valence-corrected chi connectivity index (χ0v) is 18.2. The Morgan fingerprint density at radius 3 is 2.06 bits per heavy atom. The maximum Gasteiger partial charge on any atom is 0.322 e. The molecule has 32 heavy (non-hydrogen) atoms. The van der Waals surface area contributed by atoms with Crippen LogP contribution in [0.1, 0.15) is 32.3 Å². The second-order valence-electron chi connectivity index (χ2n) is 7.70. The quantitative estimate of drug-likeness (QED) is 0.214. The molecule has 1 aromatic carbocycles. The number of carboxylic acids is 1. The first-order chi connectivity index (χ1) is 15.0. The number of hydrogen-bond donors (Lipinski definition) is 6. The van der Waals surface area contributed by atoms with E-state index in [1.54, 1.807) is 44.2 Å². The molecule has 0 radical (unpaired) electrons. The van der Waals surface area contributed by atoms with E-state index in [0.29, 0.717) is 0 Å². The number of nitrogens with two attached hydrogens (primary N) is 2. The number of carbonyl (C=O) groups is 5. The lowest BCUT2D eigenvalue weighted by Crippen LogP contribution is -2.57. The molecule has 0 spiro atoms. The van der Waals surface area contributed by atoms with Crippen molar-refractivity contribution in [3.05, 3.63) is 35.9 Å². The van der Waals surface area contributed by atoms with Crippen molar-refractivity contribution < 1.29 is 29.1 Å². The number of hydrogen-bond acceptors (Lipinski definition) is 6. The summed E-state index contributed by atoms with van der Waals surface area (Å²) in [5, 5.41) is 16.1. The molecule has 0 aliphatic rings. The summed E-state index contributed by atoms with van der Waals surface area (Å²) in [4.78, 5) is 59.8. The summed E-state index contributed by atoms with van der Waals surface area (Å²) in [7, 11) is 0. The van der Waals surface area contributed by atoms with Crippen molar-refractivity contribution in [3.8, 4) is 0 Å². The van der Waals surface area contributed by atoms with Gasteiger partial charge in [0.15, 0.2) is 0 Å². The number of carbonyl (C=O) groups excluding carboxylic acids is 4. The number of rotatable bonds is 13. The zero-order valence-electron chi connectivity index (χ0n) is 18.2. The van der Waals surface area contributed by atoms with Gasteiger partial charge in [-0.2, -0.15) is 0 Å². The van der Waals surface area contributed by atoms with E-state index < -0.39 is 54.3 Å². The Bertz CT molecular complexity index is 814. The number of carboxylic acid groups (broad SMARTS) is 1. The first-order valence-electron chi connectivity index (χ1n) is 10.2. The summed E-state index contributed by atoms with van der Waals surface area (Å²) in [6, 6.07) is 5.64. The largest absolute Gasteiger partial charge is 0.480 e. The van der Waals surface area contributed by atoms with Gasteiger partial charge in [-0.15, -0.1) is 0 Å². The van der Waals surface area contributed by atoms with Crippen LogP contribution in [-0.4, -0.2) is 59.4 Å². The lowest BCUT2D eigenvalue weighted by Gasteiger charge is -2.24. The van der Waals surface area contributed by atoms with E-state index in [1.165, 1.54) is 0 Å². The van der Waals surface area contributed by atoms with Crippen LogP contribution in [0.25, 0.3) is 0 Å². The molecule has 1 aromatic rings. The van der Waals surface area contributed by atoms with Crippen LogP contribution < -0.4 is 27.4 Å². The Morgan fingerprint density at radius 1 is 0.938 bits per heavy atom. The molecule has 11 heteroatoms. The van der Waals surface area contributed by atoms with Gasteiger partial charge >= 0.3 is 5.97 Å². The van der Waals surface area contributed by atoms with Crippen LogP contribution in [-0.2, 0) is 30.4 Å². The van der Waals surface area contributed by atoms with E-state index in [4.69, 9.17) is 16.6 Å². The number of benzene rings is 1. The number of amides is 4. The molecule has 0 aromatic heterocycles. The fourth-order valence-electron chi connectivity index (χ4n) is 2.74. The molecule has 0 aliphatic carbocycles. The highest BCUT2D eigenvalue weighted by atomic mass is 16.4. The molecule has 0 fully saturated rings. The Balaban J connectivity index is 3.01. The van der Waals surface area contributed by atoms with Crippen molar-refractivity contribution >= 4 is 29.6 Å². The molecule has 0 heterocycles. The van der Waals surface area contributed by atoms with Crippen LogP contribution in [0.3, 0.4) is 0 Å². The van der Waals surface area contributed by atoms with Crippen molar-refractivity contribution in [2.24, 2.45) is 17.4 Å². The van der Waals surface area contributed by atoms with Crippen molar-refractivity contribution in [1.82, 2.24) is 16.0 Å². The first kappa shape index (κ1) is 26.6. The molecule has 11 nitrogen and oxygen atoms in total. The molecule has 3 atom stereocenters. The molecule has 176 valence electrons. The van der Waals surface area contributed by atoms with Gasteiger partial charge in [0.1, 0.15) is 18.6 Å². The minimum atomic E-state index is -1.24. The highest BCUT2D eigenvalue weighted by Crippen LogP contribution is 2.07. The van der Waals surface area contributed by atoms with Gasteiger partial charge in [0.05, 0.1) is 6.04 Å². The minimum absolute atomic E-state index is 0.0834. The summed E-state index contributed by atoms with van der Waals surface area (Å²) < 4.78 is 0. The van der Waals surface area contributed by atoms with E-state index in [2.05, 4.69) is 16.0 Å². The smallest absolute Gasteiger partial charge is 0.322 e. The van der Waals surface area contributed by atoms with E-state index in [-0.39, 0.29) is 25.2 Å². The van der Waals surface area contributed by atoms with Gasteiger partial charge in [-0.3, -0.25) is 24.0 Å². The summed E-state index contributed by atoms with van der Waals surface area (Å²) in [6.45, 7) is 2.86. The lowest BCUT2D eigenvalue weighted by atomic mass is 10.0. The fraction of sp³-hybridized carbons (Fsp3) is 0.476. The molecule has 0 saturated heterocycles. The van der Waals surface area contributed by atoms with E-state index in [0.717, 1.165) is 5.56 Å². The van der Waals surface area contributed by atoms with Crippen molar-refractivity contribution in [3.63, 3.8) is 0 Å². The van der Waals surface area contributed by atoms with E-state index in [9.17, 15) is 24.0 Å². The summed E-state index contributed by atoms with van der Waals surface area (Å²) in [6.07, 6.45) is -0.184. The van der Waals surface area contributed by atoms with Crippen molar-refractivity contribution in [2.75, 3.05) is 6.54 Å². The Kier molecular flexibility index (Phi) is 10.8. The van der Waals surface area contributed by atoms with E-state index in [1.807, 2.05) is 0 Å². The third-order valence-corrected chi connectivity index (χ3v) is 4.66. The topological polar surface area (TPSA) is 194 Å². The summed E-state index contributed by atoms with van der Waals surface area (Å²) in [5.41, 5.74) is 11.7. The fourth-order valence-corrected chi connectivity index (χ4v) is 2.74. The highest BCUT2D eigenvalue weighted by Gasteiger charge is 2.29. The third-order valence-electron chi connectivity index (χ3n) is 4.66. The van der Waals surface area contributed by atoms with Crippen molar-refractivity contribution in [1.29, 1.82) is 0 Å². The number of nitrogens with one attached hydrogen (secondary N) is 3.